The molecule has 0 aromatic heterocycles. The van der Waals surface area contributed by atoms with Crippen LogP contribution in [0.1, 0.15) is 32.4 Å². The minimum Gasteiger partial charge on any atom is -0.388 e. The van der Waals surface area contributed by atoms with Crippen molar-refractivity contribution in [2.45, 2.75) is 37.3 Å². The number of benzene rings is 3. The van der Waals surface area contributed by atoms with E-state index in [4.69, 9.17) is 0 Å². The van der Waals surface area contributed by atoms with Gasteiger partial charge in [-0.25, -0.2) is 0 Å². The van der Waals surface area contributed by atoms with Crippen molar-refractivity contribution in [3.05, 3.63) is 78.4 Å². The van der Waals surface area contributed by atoms with Crippen molar-refractivity contribution in [3.8, 4) is 0 Å². The van der Waals surface area contributed by atoms with E-state index in [0.29, 0.717) is 5.75 Å². The summed E-state index contributed by atoms with van der Waals surface area (Å²) in [7, 11) is 0. The first-order valence-corrected chi connectivity index (χ1v) is 10.5. The molecule has 1 amide bonds. The fraction of sp³-hybridized carbons (Fsp3) is 0.292. The summed E-state index contributed by atoms with van der Waals surface area (Å²) in [6.45, 7) is 5.86. The second kappa shape index (κ2) is 8.80. The molecule has 3 aromatic rings. The maximum atomic E-state index is 13.0. The molecular weight excluding hydrogens is 366 g/mol. The Bertz CT molecular complexity index is 929. The molecule has 3 nitrogen and oxygen atoms in total. The van der Waals surface area contributed by atoms with Crippen LogP contribution in [0.4, 0.5) is 0 Å². The molecule has 2 N–H and O–H groups in total. The van der Waals surface area contributed by atoms with Crippen LogP contribution < -0.4 is 5.32 Å². The number of aliphatic hydroxyl groups is 1. The second-order valence-electron chi connectivity index (χ2n) is 7.98. The first-order chi connectivity index (χ1) is 13.3. The van der Waals surface area contributed by atoms with Crippen molar-refractivity contribution < 1.29 is 9.90 Å². The zero-order valence-electron chi connectivity index (χ0n) is 16.6. The predicted octanol–water partition coefficient (Wildman–Crippen LogP) is 5.20. The molecule has 146 valence electrons. The molecule has 28 heavy (non-hydrogen) atoms. The summed E-state index contributed by atoms with van der Waals surface area (Å²) >= 11 is 1.59. The highest BCUT2D eigenvalue weighted by molar-refractivity contribution is 7.99. The highest BCUT2D eigenvalue weighted by Gasteiger charge is 2.31. The van der Waals surface area contributed by atoms with Gasteiger partial charge in [-0.2, -0.15) is 0 Å². The monoisotopic (exact) mass is 393 g/mol. The Kier molecular flexibility index (Phi) is 6.42. The van der Waals surface area contributed by atoms with Crippen molar-refractivity contribution in [1.82, 2.24) is 5.32 Å². The van der Waals surface area contributed by atoms with Gasteiger partial charge in [0.25, 0.3) is 0 Å². The van der Waals surface area contributed by atoms with Crippen LogP contribution in [0.3, 0.4) is 0 Å². The standard InChI is InChI=1S/C24H27NO2S/c1-24(2,3)25-23(27)21(16-28-18-12-5-4-6-13-18)22(26)20-15-9-11-17-10-7-8-14-19(17)20/h4-15,21-22,26H,16H2,1-3H3,(H,25,27)/t21-,22+/m0/s1. The fourth-order valence-corrected chi connectivity index (χ4v) is 4.26. The van der Waals surface area contributed by atoms with Gasteiger partial charge in [-0.15, -0.1) is 11.8 Å². The van der Waals surface area contributed by atoms with Gasteiger partial charge < -0.3 is 10.4 Å². The van der Waals surface area contributed by atoms with Crippen molar-refractivity contribution in [3.63, 3.8) is 0 Å². The summed E-state index contributed by atoms with van der Waals surface area (Å²) in [5.74, 6) is -0.192. The maximum Gasteiger partial charge on any atom is 0.227 e. The Morgan fingerprint density at radius 2 is 1.61 bits per heavy atom. The molecule has 2 atom stereocenters. The largest absolute Gasteiger partial charge is 0.388 e. The number of rotatable bonds is 6. The van der Waals surface area contributed by atoms with Crippen LogP contribution in [-0.2, 0) is 4.79 Å². The summed E-state index contributed by atoms with van der Waals surface area (Å²) in [5, 5.41) is 16.3. The molecule has 0 unspecified atom stereocenters. The van der Waals surface area contributed by atoms with Gasteiger partial charge in [0.1, 0.15) is 0 Å². The summed E-state index contributed by atoms with van der Waals surface area (Å²) in [5.41, 5.74) is 0.436. The van der Waals surface area contributed by atoms with Crippen LogP contribution in [-0.4, -0.2) is 22.3 Å². The molecular formula is C24H27NO2S. The number of amides is 1. The molecule has 4 heteroatoms. The molecule has 0 aliphatic carbocycles. The summed E-state index contributed by atoms with van der Waals surface area (Å²) in [6, 6.07) is 23.8. The first kappa shape index (κ1) is 20.4. The maximum absolute atomic E-state index is 13.0. The van der Waals surface area contributed by atoms with Gasteiger partial charge in [0.2, 0.25) is 5.91 Å². The number of fused-ring (bicyclic) bond motifs is 1. The van der Waals surface area contributed by atoms with E-state index >= 15 is 0 Å². The number of thioether (sulfide) groups is 1. The minimum absolute atomic E-state index is 0.128. The first-order valence-electron chi connectivity index (χ1n) is 9.51. The van der Waals surface area contributed by atoms with Crippen LogP contribution >= 0.6 is 11.8 Å². The average molecular weight is 394 g/mol. The predicted molar refractivity (Wildman–Crippen MR) is 117 cm³/mol. The third-order valence-electron chi connectivity index (χ3n) is 4.53. The van der Waals surface area contributed by atoms with E-state index in [9.17, 15) is 9.90 Å². The van der Waals surface area contributed by atoms with Gasteiger partial charge in [-0.3, -0.25) is 4.79 Å². The Morgan fingerprint density at radius 3 is 2.32 bits per heavy atom. The normalized spacial score (nSPS) is 13.9. The van der Waals surface area contributed by atoms with Crippen LogP contribution in [0.2, 0.25) is 0 Å². The number of nitrogens with one attached hydrogen (secondary N) is 1. The zero-order valence-corrected chi connectivity index (χ0v) is 17.4. The summed E-state index contributed by atoms with van der Waals surface area (Å²) in [4.78, 5) is 14.1. The minimum atomic E-state index is -0.885. The zero-order chi connectivity index (χ0) is 20.1. The number of carbonyl (C=O) groups is 1. The van der Waals surface area contributed by atoms with Gasteiger partial charge in [0.15, 0.2) is 0 Å². The number of aliphatic hydroxyl groups excluding tert-OH is 1. The van der Waals surface area contributed by atoms with E-state index < -0.39 is 12.0 Å². The lowest BCUT2D eigenvalue weighted by molar-refractivity contribution is -0.129. The number of hydrogen-bond acceptors (Lipinski definition) is 3. The second-order valence-corrected chi connectivity index (χ2v) is 9.08. The quantitative estimate of drug-likeness (QED) is 0.566. The van der Waals surface area contributed by atoms with E-state index in [2.05, 4.69) is 5.32 Å². The molecule has 0 heterocycles. The molecule has 0 aliphatic heterocycles. The molecule has 0 saturated heterocycles. The van der Waals surface area contributed by atoms with Gasteiger partial charge in [-0.1, -0.05) is 60.7 Å². The van der Waals surface area contributed by atoms with Crippen molar-refractivity contribution in [1.29, 1.82) is 0 Å². The molecule has 0 aliphatic rings. The highest BCUT2D eigenvalue weighted by atomic mass is 32.2. The van der Waals surface area contributed by atoms with Crippen molar-refractivity contribution >= 4 is 28.4 Å². The molecule has 0 bridgehead atoms. The Morgan fingerprint density at radius 1 is 0.964 bits per heavy atom. The summed E-state index contributed by atoms with van der Waals surface area (Å²) in [6.07, 6.45) is -0.885. The van der Waals surface area contributed by atoms with Crippen LogP contribution in [0.15, 0.2) is 77.7 Å². The Labute approximate surface area is 171 Å². The van der Waals surface area contributed by atoms with Crippen molar-refractivity contribution in [2.24, 2.45) is 5.92 Å². The lowest BCUT2D eigenvalue weighted by atomic mass is 9.91. The van der Waals surface area contributed by atoms with Gasteiger partial charge >= 0.3 is 0 Å². The van der Waals surface area contributed by atoms with E-state index in [-0.39, 0.29) is 11.4 Å². The Hall–Kier alpha value is -2.30. The van der Waals surface area contributed by atoms with Crippen LogP contribution in [0.5, 0.6) is 0 Å². The third-order valence-corrected chi connectivity index (χ3v) is 5.66. The lowest BCUT2D eigenvalue weighted by Gasteiger charge is -2.28. The molecule has 3 rings (SSSR count). The highest BCUT2D eigenvalue weighted by Crippen LogP contribution is 2.33. The van der Waals surface area contributed by atoms with Crippen molar-refractivity contribution in [2.75, 3.05) is 5.75 Å². The smallest absolute Gasteiger partial charge is 0.227 e. The van der Waals surface area contributed by atoms with E-state index in [1.807, 2.05) is 93.6 Å². The summed E-state index contributed by atoms with van der Waals surface area (Å²) < 4.78 is 0. The van der Waals surface area contributed by atoms with Gasteiger partial charge in [0, 0.05) is 16.2 Å². The topological polar surface area (TPSA) is 49.3 Å². The van der Waals surface area contributed by atoms with E-state index in [0.717, 1.165) is 21.2 Å². The molecule has 0 radical (unpaired) electrons. The van der Waals surface area contributed by atoms with Gasteiger partial charge in [-0.05, 0) is 49.2 Å². The molecule has 0 spiro atoms. The molecule has 0 fully saturated rings. The van der Waals surface area contributed by atoms with Crippen LogP contribution in [0.25, 0.3) is 10.8 Å². The van der Waals surface area contributed by atoms with Gasteiger partial charge in [0.05, 0.1) is 12.0 Å². The van der Waals surface area contributed by atoms with Crippen LogP contribution in [0, 0.1) is 5.92 Å². The SMILES string of the molecule is CC(C)(C)NC(=O)[C@@H](CSc1ccccc1)[C@H](O)c1cccc2ccccc12. The third kappa shape index (κ3) is 5.15. The number of carbonyl (C=O) groups excluding carboxylic acids is 1. The Balaban J connectivity index is 1.91. The lowest BCUT2D eigenvalue weighted by Crippen LogP contribution is -2.46. The van der Waals surface area contributed by atoms with E-state index in [1.165, 1.54) is 0 Å². The molecule has 0 saturated carbocycles. The van der Waals surface area contributed by atoms with E-state index in [1.54, 1.807) is 11.8 Å². The molecule has 3 aromatic carbocycles. The fourth-order valence-electron chi connectivity index (χ4n) is 3.20. The number of hydrogen-bond donors (Lipinski definition) is 2. The average Bonchev–Trinajstić information content (AvgIpc) is 2.67.